The van der Waals surface area contributed by atoms with E-state index in [1.54, 1.807) is 11.1 Å². The first-order valence-corrected chi connectivity index (χ1v) is 5.35. The summed E-state index contributed by atoms with van der Waals surface area (Å²) in [7, 11) is 3.17. The van der Waals surface area contributed by atoms with Gasteiger partial charge in [0.25, 0.3) is 0 Å². The van der Waals surface area contributed by atoms with E-state index in [-0.39, 0.29) is 11.0 Å². The van der Waals surface area contributed by atoms with Crippen molar-refractivity contribution in [3.63, 3.8) is 0 Å². The Hall–Kier alpha value is -1.76. The highest BCUT2D eigenvalue weighted by atomic mass is 32.1. The quantitative estimate of drug-likeness (QED) is 0.590. The van der Waals surface area contributed by atoms with Gasteiger partial charge in [-0.3, -0.25) is 4.79 Å². The lowest BCUT2D eigenvalue weighted by Crippen LogP contribution is -2.23. The van der Waals surface area contributed by atoms with Crippen LogP contribution in [0, 0.1) is 0 Å². The van der Waals surface area contributed by atoms with Gasteiger partial charge in [-0.05, 0) is 0 Å². The standard InChI is InChI=1S/C10H14N4O2S/c1-14(4-3-9(15)16-2)8-6-12-7(5-13-8)10(11)17/h5-6H,3-4H2,1-2H3,(H2,11,17). The summed E-state index contributed by atoms with van der Waals surface area (Å²) in [5, 5.41) is 0. The van der Waals surface area contributed by atoms with Crippen LogP contribution in [0.1, 0.15) is 12.1 Å². The summed E-state index contributed by atoms with van der Waals surface area (Å²) in [6.45, 7) is 0.508. The Labute approximate surface area is 105 Å². The van der Waals surface area contributed by atoms with Gasteiger partial charge in [0.15, 0.2) is 0 Å². The summed E-state index contributed by atoms with van der Waals surface area (Å²) in [4.78, 5) is 21.2. The summed E-state index contributed by atoms with van der Waals surface area (Å²) in [6.07, 6.45) is 3.36. The molecule has 0 fully saturated rings. The van der Waals surface area contributed by atoms with Crippen LogP contribution in [-0.4, -0.2) is 41.6 Å². The fourth-order valence-corrected chi connectivity index (χ4v) is 1.23. The molecule has 1 aromatic rings. The molecule has 1 rings (SSSR count). The number of nitrogens with two attached hydrogens (primary N) is 1. The van der Waals surface area contributed by atoms with Gasteiger partial charge in [0.2, 0.25) is 0 Å². The number of carbonyl (C=O) groups is 1. The van der Waals surface area contributed by atoms with Crippen molar-refractivity contribution in [2.24, 2.45) is 5.73 Å². The minimum Gasteiger partial charge on any atom is -0.469 e. The number of nitrogens with zero attached hydrogens (tertiary/aromatic N) is 3. The highest BCUT2D eigenvalue weighted by Crippen LogP contribution is 2.07. The molecule has 1 aromatic heterocycles. The van der Waals surface area contributed by atoms with Gasteiger partial charge in [0.1, 0.15) is 16.5 Å². The first-order chi connectivity index (χ1) is 8.04. The van der Waals surface area contributed by atoms with Gasteiger partial charge in [-0.25, -0.2) is 9.97 Å². The number of methoxy groups -OCH3 is 1. The Bertz CT molecular complexity index is 407. The van der Waals surface area contributed by atoms with Crippen LogP contribution in [0.2, 0.25) is 0 Å². The maximum Gasteiger partial charge on any atom is 0.307 e. The normalized spacial score (nSPS) is 9.76. The molecule has 2 N–H and O–H groups in total. The second-order valence-corrected chi connectivity index (χ2v) is 3.81. The third-order valence-electron chi connectivity index (χ3n) is 2.16. The lowest BCUT2D eigenvalue weighted by atomic mass is 10.4. The van der Waals surface area contributed by atoms with E-state index in [9.17, 15) is 4.79 Å². The van der Waals surface area contributed by atoms with Crippen LogP contribution in [0.5, 0.6) is 0 Å². The Morgan fingerprint density at radius 3 is 2.71 bits per heavy atom. The molecule has 17 heavy (non-hydrogen) atoms. The Morgan fingerprint density at radius 2 is 2.24 bits per heavy atom. The number of ether oxygens (including phenoxy) is 1. The number of esters is 1. The van der Waals surface area contributed by atoms with E-state index in [1.807, 2.05) is 7.05 Å². The van der Waals surface area contributed by atoms with Gasteiger partial charge in [-0.15, -0.1) is 0 Å². The second-order valence-electron chi connectivity index (χ2n) is 3.37. The molecular formula is C10H14N4O2S. The maximum absolute atomic E-state index is 11.0. The SMILES string of the molecule is COC(=O)CCN(C)c1cnc(C(N)=S)cn1. The summed E-state index contributed by atoms with van der Waals surface area (Å²) >= 11 is 4.77. The van der Waals surface area contributed by atoms with Crippen molar-refractivity contribution in [1.82, 2.24) is 9.97 Å². The molecule has 0 atom stereocenters. The summed E-state index contributed by atoms with van der Waals surface area (Å²) in [5.74, 6) is 0.387. The smallest absolute Gasteiger partial charge is 0.307 e. The highest BCUT2D eigenvalue weighted by Gasteiger charge is 2.07. The number of hydrogen-bond acceptors (Lipinski definition) is 6. The molecule has 0 saturated carbocycles. The zero-order chi connectivity index (χ0) is 12.8. The zero-order valence-corrected chi connectivity index (χ0v) is 10.5. The first kappa shape index (κ1) is 13.3. The van der Waals surface area contributed by atoms with Crippen molar-refractivity contribution in [1.29, 1.82) is 0 Å². The molecule has 0 aliphatic heterocycles. The predicted octanol–water partition coefficient (Wildman–Crippen LogP) is 0.110. The van der Waals surface area contributed by atoms with E-state index in [0.29, 0.717) is 24.5 Å². The van der Waals surface area contributed by atoms with Gasteiger partial charge in [0.05, 0.1) is 25.9 Å². The predicted molar refractivity (Wildman–Crippen MR) is 67.8 cm³/mol. The molecule has 0 bridgehead atoms. The average molecular weight is 254 g/mol. The lowest BCUT2D eigenvalue weighted by Gasteiger charge is -2.16. The van der Waals surface area contributed by atoms with Gasteiger partial charge in [0, 0.05) is 13.6 Å². The van der Waals surface area contributed by atoms with Gasteiger partial charge in [-0.2, -0.15) is 0 Å². The number of rotatable bonds is 5. The lowest BCUT2D eigenvalue weighted by molar-refractivity contribution is -0.140. The Morgan fingerprint density at radius 1 is 1.53 bits per heavy atom. The molecular weight excluding hydrogens is 240 g/mol. The third kappa shape index (κ3) is 3.95. The van der Waals surface area contributed by atoms with Crippen molar-refractivity contribution in [2.45, 2.75) is 6.42 Å². The molecule has 0 aliphatic carbocycles. The van der Waals surface area contributed by atoms with E-state index in [4.69, 9.17) is 18.0 Å². The van der Waals surface area contributed by atoms with E-state index in [0.717, 1.165) is 0 Å². The third-order valence-corrected chi connectivity index (χ3v) is 2.37. The van der Waals surface area contributed by atoms with Gasteiger partial charge in [-0.1, -0.05) is 12.2 Å². The van der Waals surface area contributed by atoms with Gasteiger partial charge >= 0.3 is 5.97 Å². The minimum absolute atomic E-state index is 0.210. The molecule has 0 spiro atoms. The number of carbonyl (C=O) groups excluding carboxylic acids is 1. The molecule has 0 aromatic carbocycles. The van der Waals surface area contributed by atoms with Crippen molar-refractivity contribution >= 4 is 29.0 Å². The topological polar surface area (TPSA) is 81.3 Å². The van der Waals surface area contributed by atoms with E-state index in [2.05, 4.69) is 14.7 Å². The van der Waals surface area contributed by atoms with Crippen molar-refractivity contribution in [2.75, 3.05) is 25.6 Å². The summed E-state index contributed by atoms with van der Waals surface area (Å²) in [5.41, 5.74) is 5.89. The van der Waals surface area contributed by atoms with E-state index < -0.39 is 0 Å². The molecule has 92 valence electrons. The van der Waals surface area contributed by atoms with Crippen LogP contribution in [0.15, 0.2) is 12.4 Å². The number of aromatic nitrogens is 2. The van der Waals surface area contributed by atoms with Crippen LogP contribution in [0.4, 0.5) is 5.82 Å². The number of thiocarbonyl (C=S) groups is 1. The fraction of sp³-hybridized carbons (Fsp3) is 0.400. The van der Waals surface area contributed by atoms with Crippen molar-refractivity contribution in [3.8, 4) is 0 Å². The fourth-order valence-electron chi connectivity index (χ4n) is 1.12. The maximum atomic E-state index is 11.0. The van der Waals surface area contributed by atoms with E-state index >= 15 is 0 Å². The Kier molecular flexibility index (Phi) is 4.77. The molecule has 0 aliphatic rings. The molecule has 0 amide bonds. The summed E-state index contributed by atoms with van der Waals surface area (Å²) in [6, 6.07) is 0. The Balaban J connectivity index is 2.60. The number of anilines is 1. The van der Waals surface area contributed by atoms with Gasteiger partial charge < -0.3 is 15.4 Å². The van der Waals surface area contributed by atoms with Crippen LogP contribution < -0.4 is 10.6 Å². The highest BCUT2D eigenvalue weighted by molar-refractivity contribution is 7.80. The van der Waals surface area contributed by atoms with Crippen LogP contribution >= 0.6 is 12.2 Å². The molecule has 0 radical (unpaired) electrons. The first-order valence-electron chi connectivity index (χ1n) is 4.94. The largest absolute Gasteiger partial charge is 0.469 e. The second kappa shape index (κ2) is 6.09. The minimum atomic E-state index is -0.260. The van der Waals surface area contributed by atoms with E-state index in [1.165, 1.54) is 13.3 Å². The van der Waals surface area contributed by atoms with Crippen molar-refractivity contribution in [3.05, 3.63) is 18.1 Å². The molecule has 0 saturated heterocycles. The van der Waals surface area contributed by atoms with Crippen LogP contribution in [0.25, 0.3) is 0 Å². The monoisotopic (exact) mass is 254 g/mol. The molecule has 6 nitrogen and oxygen atoms in total. The summed E-state index contributed by atoms with van der Waals surface area (Å²) < 4.78 is 4.55. The van der Waals surface area contributed by atoms with Crippen molar-refractivity contribution < 1.29 is 9.53 Å². The van der Waals surface area contributed by atoms with Crippen LogP contribution in [0.3, 0.4) is 0 Å². The molecule has 7 heteroatoms. The zero-order valence-electron chi connectivity index (χ0n) is 9.71. The molecule has 1 heterocycles. The molecule has 0 unspecified atom stereocenters. The van der Waals surface area contributed by atoms with Crippen LogP contribution in [-0.2, 0) is 9.53 Å². The number of hydrogen-bond donors (Lipinski definition) is 1. The average Bonchev–Trinajstić information content (AvgIpc) is 2.35.